The van der Waals surface area contributed by atoms with Gasteiger partial charge in [-0.15, -0.1) is 0 Å². The number of likely N-dealkylation sites (N-methyl/N-ethyl adjacent to an activating group) is 1. The maximum atomic E-state index is 4.84. The molecule has 2 rings (SSSR count). The fraction of sp³-hybridized carbons (Fsp3) is 0.778. The van der Waals surface area contributed by atoms with Crippen molar-refractivity contribution in [2.75, 3.05) is 13.6 Å². The molecule has 1 heterocycles. The molecule has 0 amide bonds. The van der Waals surface area contributed by atoms with Crippen LogP contribution in [-0.4, -0.2) is 23.6 Å². The SMILES string of the molecule is CNCCc1c(C)nc(C2CCC(C(C)C)CC2)nc1C. The molecule has 1 aromatic heterocycles. The molecular formula is C18H31N3. The molecule has 0 unspecified atom stereocenters. The molecule has 0 radical (unpaired) electrons. The van der Waals surface area contributed by atoms with Gasteiger partial charge in [0, 0.05) is 17.3 Å². The van der Waals surface area contributed by atoms with Gasteiger partial charge in [0.15, 0.2) is 0 Å². The lowest BCUT2D eigenvalue weighted by Gasteiger charge is -2.30. The van der Waals surface area contributed by atoms with Gasteiger partial charge in [-0.2, -0.15) is 0 Å². The first-order chi connectivity index (χ1) is 10.0. The van der Waals surface area contributed by atoms with Crippen molar-refractivity contribution in [3.05, 3.63) is 22.8 Å². The largest absolute Gasteiger partial charge is 0.319 e. The first-order valence-electron chi connectivity index (χ1n) is 8.51. The lowest BCUT2D eigenvalue weighted by molar-refractivity contribution is 0.254. The summed E-state index contributed by atoms with van der Waals surface area (Å²) in [5, 5.41) is 3.21. The van der Waals surface area contributed by atoms with Crippen molar-refractivity contribution in [2.45, 2.75) is 65.7 Å². The van der Waals surface area contributed by atoms with Crippen molar-refractivity contribution < 1.29 is 0 Å². The first kappa shape index (κ1) is 16.4. The van der Waals surface area contributed by atoms with Gasteiger partial charge in [-0.05, 0) is 76.9 Å². The van der Waals surface area contributed by atoms with Gasteiger partial charge in [0.25, 0.3) is 0 Å². The number of aryl methyl sites for hydroxylation is 2. The molecule has 118 valence electrons. The third-order valence-corrected chi connectivity index (χ3v) is 5.14. The minimum Gasteiger partial charge on any atom is -0.319 e. The van der Waals surface area contributed by atoms with Gasteiger partial charge in [0.05, 0.1) is 0 Å². The third kappa shape index (κ3) is 4.03. The minimum absolute atomic E-state index is 0.579. The Morgan fingerprint density at radius 3 is 2.10 bits per heavy atom. The zero-order valence-corrected chi connectivity index (χ0v) is 14.4. The Hall–Kier alpha value is -0.960. The Morgan fingerprint density at radius 1 is 1.05 bits per heavy atom. The highest BCUT2D eigenvalue weighted by molar-refractivity contribution is 5.25. The van der Waals surface area contributed by atoms with Gasteiger partial charge in [0.1, 0.15) is 5.82 Å². The molecule has 1 aliphatic rings. The Morgan fingerprint density at radius 2 is 1.62 bits per heavy atom. The molecule has 1 aromatic rings. The number of aromatic nitrogens is 2. The molecule has 0 saturated heterocycles. The van der Waals surface area contributed by atoms with Crippen molar-refractivity contribution in [3.63, 3.8) is 0 Å². The standard InChI is InChI=1S/C18H31N3/c1-12(2)15-6-8-16(9-7-15)18-20-13(3)17(10-11-19-5)14(4)21-18/h12,15-16,19H,6-11H2,1-5H3. The summed E-state index contributed by atoms with van der Waals surface area (Å²) in [5.74, 6) is 3.40. The van der Waals surface area contributed by atoms with Gasteiger partial charge >= 0.3 is 0 Å². The van der Waals surface area contributed by atoms with E-state index in [0.717, 1.165) is 30.6 Å². The summed E-state index contributed by atoms with van der Waals surface area (Å²) in [6.45, 7) is 9.98. The Bertz CT molecular complexity index is 437. The smallest absolute Gasteiger partial charge is 0.131 e. The molecule has 1 saturated carbocycles. The summed E-state index contributed by atoms with van der Waals surface area (Å²) >= 11 is 0. The average Bonchev–Trinajstić information content (AvgIpc) is 2.46. The van der Waals surface area contributed by atoms with E-state index in [-0.39, 0.29) is 0 Å². The van der Waals surface area contributed by atoms with Crippen LogP contribution in [0.3, 0.4) is 0 Å². The minimum atomic E-state index is 0.579. The molecule has 0 aliphatic heterocycles. The van der Waals surface area contributed by atoms with E-state index in [1.54, 1.807) is 0 Å². The van der Waals surface area contributed by atoms with E-state index >= 15 is 0 Å². The van der Waals surface area contributed by atoms with Crippen LogP contribution in [0.15, 0.2) is 0 Å². The molecular weight excluding hydrogens is 258 g/mol. The quantitative estimate of drug-likeness (QED) is 0.896. The highest BCUT2D eigenvalue weighted by Gasteiger charge is 2.26. The molecule has 0 aromatic carbocycles. The van der Waals surface area contributed by atoms with Crippen LogP contribution < -0.4 is 5.32 Å². The van der Waals surface area contributed by atoms with Crippen molar-refractivity contribution in [1.82, 2.24) is 15.3 Å². The zero-order valence-electron chi connectivity index (χ0n) is 14.4. The normalized spacial score (nSPS) is 22.8. The molecule has 0 atom stereocenters. The number of nitrogens with one attached hydrogen (secondary N) is 1. The summed E-state index contributed by atoms with van der Waals surface area (Å²) in [5.41, 5.74) is 3.68. The van der Waals surface area contributed by atoms with Gasteiger partial charge in [-0.3, -0.25) is 0 Å². The van der Waals surface area contributed by atoms with Crippen LogP contribution in [0.1, 0.15) is 68.2 Å². The van der Waals surface area contributed by atoms with Crippen LogP contribution in [0.5, 0.6) is 0 Å². The van der Waals surface area contributed by atoms with E-state index in [2.05, 4.69) is 33.0 Å². The van der Waals surface area contributed by atoms with Gasteiger partial charge in [0.2, 0.25) is 0 Å². The van der Waals surface area contributed by atoms with Crippen molar-refractivity contribution in [2.24, 2.45) is 11.8 Å². The van der Waals surface area contributed by atoms with Crippen LogP contribution in [0, 0.1) is 25.7 Å². The third-order valence-electron chi connectivity index (χ3n) is 5.14. The van der Waals surface area contributed by atoms with Crippen molar-refractivity contribution in [3.8, 4) is 0 Å². The fourth-order valence-electron chi connectivity index (χ4n) is 3.60. The van der Waals surface area contributed by atoms with Gasteiger partial charge in [-0.1, -0.05) is 13.8 Å². The Labute approximate surface area is 130 Å². The number of rotatable bonds is 5. The summed E-state index contributed by atoms with van der Waals surface area (Å²) < 4.78 is 0. The van der Waals surface area contributed by atoms with E-state index in [4.69, 9.17) is 9.97 Å². The molecule has 3 nitrogen and oxygen atoms in total. The number of nitrogens with zero attached hydrogens (tertiary/aromatic N) is 2. The van der Waals surface area contributed by atoms with E-state index in [1.807, 2.05) is 7.05 Å². The van der Waals surface area contributed by atoms with Gasteiger partial charge in [-0.25, -0.2) is 9.97 Å². The lowest BCUT2D eigenvalue weighted by atomic mass is 9.76. The van der Waals surface area contributed by atoms with E-state index in [1.165, 1.54) is 42.6 Å². The van der Waals surface area contributed by atoms with E-state index < -0.39 is 0 Å². The van der Waals surface area contributed by atoms with Gasteiger partial charge < -0.3 is 5.32 Å². The van der Waals surface area contributed by atoms with Crippen LogP contribution in [0.25, 0.3) is 0 Å². The number of hydrogen-bond acceptors (Lipinski definition) is 3. The second kappa shape index (κ2) is 7.35. The summed E-state index contributed by atoms with van der Waals surface area (Å²) in [6.07, 6.45) is 6.22. The summed E-state index contributed by atoms with van der Waals surface area (Å²) in [7, 11) is 1.99. The molecule has 21 heavy (non-hydrogen) atoms. The summed E-state index contributed by atoms with van der Waals surface area (Å²) in [4.78, 5) is 9.68. The average molecular weight is 289 g/mol. The fourth-order valence-corrected chi connectivity index (χ4v) is 3.60. The van der Waals surface area contributed by atoms with E-state index in [9.17, 15) is 0 Å². The summed E-state index contributed by atoms with van der Waals surface area (Å²) in [6, 6.07) is 0. The highest BCUT2D eigenvalue weighted by Crippen LogP contribution is 2.37. The Kier molecular flexibility index (Phi) is 5.74. The maximum absolute atomic E-state index is 4.84. The highest BCUT2D eigenvalue weighted by atomic mass is 14.9. The Balaban J connectivity index is 2.08. The maximum Gasteiger partial charge on any atom is 0.131 e. The topological polar surface area (TPSA) is 37.8 Å². The second-order valence-corrected chi connectivity index (χ2v) is 6.94. The predicted octanol–water partition coefficient (Wildman–Crippen LogP) is 3.79. The van der Waals surface area contributed by atoms with Crippen LogP contribution in [-0.2, 0) is 6.42 Å². The van der Waals surface area contributed by atoms with Crippen molar-refractivity contribution in [1.29, 1.82) is 0 Å². The molecule has 1 aliphatic carbocycles. The lowest BCUT2D eigenvalue weighted by Crippen LogP contribution is -2.20. The van der Waals surface area contributed by atoms with Crippen LogP contribution in [0.2, 0.25) is 0 Å². The number of hydrogen-bond donors (Lipinski definition) is 1. The molecule has 1 N–H and O–H groups in total. The monoisotopic (exact) mass is 289 g/mol. The van der Waals surface area contributed by atoms with Crippen LogP contribution >= 0.6 is 0 Å². The predicted molar refractivity (Wildman–Crippen MR) is 88.7 cm³/mol. The molecule has 0 bridgehead atoms. The molecule has 0 spiro atoms. The second-order valence-electron chi connectivity index (χ2n) is 6.94. The molecule has 1 fully saturated rings. The van der Waals surface area contributed by atoms with Crippen LogP contribution in [0.4, 0.5) is 0 Å². The molecule has 3 heteroatoms. The first-order valence-corrected chi connectivity index (χ1v) is 8.51. The van der Waals surface area contributed by atoms with Crippen molar-refractivity contribution >= 4 is 0 Å². The van der Waals surface area contributed by atoms with E-state index in [0.29, 0.717) is 5.92 Å². The zero-order chi connectivity index (χ0) is 15.4.